The highest BCUT2D eigenvalue weighted by molar-refractivity contribution is 5.58. The third-order valence-electron chi connectivity index (χ3n) is 1.25. The average Bonchev–Trinajstić information content (AvgIpc) is 2.03. The van der Waals surface area contributed by atoms with Gasteiger partial charge in [-0.2, -0.15) is 0 Å². The average molecular weight is 150 g/mol. The molecule has 0 saturated carbocycles. The summed E-state index contributed by atoms with van der Waals surface area (Å²) in [7, 11) is 0. The molecule has 1 aromatic rings. The van der Waals surface area contributed by atoms with Crippen LogP contribution in [0.15, 0.2) is 24.8 Å². The minimum Gasteiger partial charge on any atom is -0.384 e. The first-order chi connectivity index (χ1) is 5.24. The van der Waals surface area contributed by atoms with Gasteiger partial charge in [0.25, 0.3) is 0 Å². The van der Waals surface area contributed by atoms with E-state index in [0.29, 0.717) is 17.2 Å². The quantitative estimate of drug-likeness (QED) is 0.412. The van der Waals surface area contributed by atoms with E-state index in [9.17, 15) is 0 Å². The maximum absolute atomic E-state index is 5.43. The summed E-state index contributed by atoms with van der Waals surface area (Å²) < 4.78 is 0. The van der Waals surface area contributed by atoms with Gasteiger partial charge in [-0.15, -0.1) is 0 Å². The number of nitrogens with zero attached hydrogens (tertiary/aromatic N) is 1. The molecule has 0 saturated heterocycles. The molecule has 4 nitrogen and oxygen atoms in total. The van der Waals surface area contributed by atoms with E-state index < -0.39 is 0 Å². The molecule has 0 aliphatic heterocycles. The van der Waals surface area contributed by atoms with Crippen LogP contribution in [0, 0.1) is 0 Å². The van der Waals surface area contributed by atoms with Crippen molar-refractivity contribution >= 4 is 11.5 Å². The van der Waals surface area contributed by atoms with Crippen LogP contribution in [0.1, 0.15) is 5.69 Å². The lowest BCUT2D eigenvalue weighted by atomic mass is 10.3. The van der Waals surface area contributed by atoms with Crippen LogP contribution in [-0.4, -0.2) is 4.98 Å². The lowest BCUT2D eigenvalue weighted by Gasteiger charge is -2.02. The summed E-state index contributed by atoms with van der Waals surface area (Å²) in [5.74, 6) is 5.58. The van der Waals surface area contributed by atoms with Gasteiger partial charge in [-0.05, 0) is 12.1 Å². The van der Waals surface area contributed by atoms with E-state index >= 15 is 0 Å². The topological polar surface area (TPSA) is 77.0 Å². The maximum Gasteiger partial charge on any atom is 0.124 e. The van der Waals surface area contributed by atoms with Crippen LogP contribution in [0.3, 0.4) is 0 Å². The highest BCUT2D eigenvalue weighted by atomic mass is 15.2. The Balaban J connectivity index is 2.96. The van der Waals surface area contributed by atoms with Crippen molar-refractivity contribution in [3.63, 3.8) is 0 Å². The molecule has 11 heavy (non-hydrogen) atoms. The molecule has 0 amide bonds. The summed E-state index contributed by atoms with van der Waals surface area (Å²) >= 11 is 0. The lowest BCUT2D eigenvalue weighted by molar-refractivity contribution is 0.982. The predicted octanol–water partition coefficient (Wildman–Crippen LogP) is 0.0978. The van der Waals surface area contributed by atoms with Crippen LogP contribution < -0.4 is 17.0 Å². The van der Waals surface area contributed by atoms with E-state index in [2.05, 4.69) is 17.0 Å². The second-order valence-corrected chi connectivity index (χ2v) is 2.07. The van der Waals surface area contributed by atoms with Gasteiger partial charge in [0.15, 0.2) is 0 Å². The first kappa shape index (κ1) is 7.56. The van der Waals surface area contributed by atoms with Crippen molar-refractivity contribution in [2.75, 3.05) is 5.73 Å². The molecular weight excluding hydrogens is 140 g/mol. The molecule has 0 aliphatic carbocycles. The number of hydrogen-bond donors (Lipinski definition) is 3. The Kier molecular flexibility index (Phi) is 2.08. The van der Waals surface area contributed by atoms with Crippen LogP contribution >= 0.6 is 0 Å². The molecule has 0 aliphatic rings. The summed E-state index contributed by atoms with van der Waals surface area (Å²) in [4.78, 5) is 3.98. The third kappa shape index (κ3) is 1.68. The van der Waals surface area contributed by atoms with Gasteiger partial charge < -0.3 is 11.2 Å². The minimum absolute atomic E-state index is 0.457. The van der Waals surface area contributed by atoms with E-state index in [0.717, 1.165) is 0 Å². The first-order valence-electron chi connectivity index (χ1n) is 3.12. The second-order valence-electron chi connectivity index (χ2n) is 2.07. The van der Waals surface area contributed by atoms with Crippen LogP contribution in [0.4, 0.5) is 5.82 Å². The van der Waals surface area contributed by atoms with E-state index in [1.54, 1.807) is 18.2 Å². The third-order valence-corrected chi connectivity index (χ3v) is 1.25. The molecule has 58 valence electrons. The van der Waals surface area contributed by atoms with Gasteiger partial charge in [0.05, 0.1) is 11.4 Å². The van der Waals surface area contributed by atoms with Gasteiger partial charge in [0.1, 0.15) is 5.82 Å². The molecule has 5 N–H and O–H groups in total. The Morgan fingerprint density at radius 1 is 1.55 bits per heavy atom. The maximum atomic E-state index is 5.43. The standard InChI is InChI=1S/C7H10N4/c1-5(11-9)6-3-2-4-7(8)10-6/h2-4,11H,1,9H2,(H2,8,10). The second kappa shape index (κ2) is 3.03. The molecule has 0 atom stereocenters. The Bertz CT molecular complexity index is 269. The number of pyridine rings is 1. The molecule has 0 bridgehead atoms. The van der Waals surface area contributed by atoms with Crippen LogP contribution in [-0.2, 0) is 0 Å². The molecule has 4 heteroatoms. The first-order valence-corrected chi connectivity index (χ1v) is 3.12. The molecule has 1 heterocycles. The summed E-state index contributed by atoms with van der Waals surface area (Å²) in [6, 6.07) is 5.27. The van der Waals surface area contributed by atoms with Crippen molar-refractivity contribution in [3.05, 3.63) is 30.5 Å². The van der Waals surface area contributed by atoms with Crippen molar-refractivity contribution in [1.29, 1.82) is 0 Å². The molecule has 0 aromatic carbocycles. The predicted molar refractivity (Wildman–Crippen MR) is 45.0 cm³/mol. The minimum atomic E-state index is 0.457. The van der Waals surface area contributed by atoms with Crippen molar-refractivity contribution in [3.8, 4) is 0 Å². The summed E-state index contributed by atoms with van der Waals surface area (Å²) in [5, 5.41) is 0. The number of anilines is 1. The van der Waals surface area contributed by atoms with Crippen molar-refractivity contribution in [2.24, 2.45) is 5.84 Å². The largest absolute Gasteiger partial charge is 0.384 e. The summed E-state index contributed by atoms with van der Waals surface area (Å²) in [5.41, 5.74) is 9.04. The van der Waals surface area contributed by atoms with E-state index in [-0.39, 0.29) is 0 Å². The smallest absolute Gasteiger partial charge is 0.124 e. The number of nitrogens with one attached hydrogen (secondary N) is 1. The number of hydrazine groups is 1. The zero-order valence-electron chi connectivity index (χ0n) is 6.04. The molecule has 0 spiro atoms. The highest BCUT2D eigenvalue weighted by Crippen LogP contribution is 2.06. The van der Waals surface area contributed by atoms with Gasteiger partial charge in [0, 0.05) is 0 Å². The Morgan fingerprint density at radius 2 is 2.27 bits per heavy atom. The fourth-order valence-corrected chi connectivity index (χ4v) is 0.693. The summed E-state index contributed by atoms with van der Waals surface area (Å²) in [6.45, 7) is 3.63. The number of aromatic nitrogens is 1. The zero-order chi connectivity index (χ0) is 8.27. The highest BCUT2D eigenvalue weighted by Gasteiger charge is 1.96. The van der Waals surface area contributed by atoms with Crippen molar-refractivity contribution < 1.29 is 0 Å². The zero-order valence-corrected chi connectivity index (χ0v) is 6.04. The number of hydrogen-bond acceptors (Lipinski definition) is 4. The summed E-state index contributed by atoms with van der Waals surface area (Å²) in [6.07, 6.45) is 0. The van der Waals surface area contributed by atoms with Gasteiger partial charge in [0.2, 0.25) is 0 Å². The number of nitrogens with two attached hydrogens (primary N) is 2. The van der Waals surface area contributed by atoms with Gasteiger partial charge in [-0.1, -0.05) is 12.6 Å². The number of nitrogen functional groups attached to an aromatic ring is 1. The van der Waals surface area contributed by atoms with Gasteiger partial charge >= 0.3 is 0 Å². The van der Waals surface area contributed by atoms with Crippen molar-refractivity contribution in [1.82, 2.24) is 10.4 Å². The Morgan fingerprint density at radius 3 is 2.82 bits per heavy atom. The molecular formula is C7H10N4. The molecule has 0 fully saturated rings. The normalized spacial score (nSPS) is 9.18. The van der Waals surface area contributed by atoms with Crippen LogP contribution in [0.25, 0.3) is 5.70 Å². The van der Waals surface area contributed by atoms with E-state index in [1.807, 2.05) is 0 Å². The van der Waals surface area contributed by atoms with Gasteiger partial charge in [-0.3, -0.25) is 5.84 Å². The van der Waals surface area contributed by atoms with Crippen LogP contribution in [0.2, 0.25) is 0 Å². The lowest BCUT2D eigenvalue weighted by Crippen LogP contribution is -2.19. The monoisotopic (exact) mass is 150 g/mol. The Hall–Kier alpha value is -1.55. The number of rotatable bonds is 2. The van der Waals surface area contributed by atoms with Gasteiger partial charge in [-0.25, -0.2) is 4.98 Å². The molecule has 0 radical (unpaired) electrons. The molecule has 0 unspecified atom stereocenters. The van der Waals surface area contributed by atoms with Crippen LogP contribution in [0.5, 0.6) is 0 Å². The molecule has 1 aromatic heterocycles. The Labute approximate surface area is 64.9 Å². The fourth-order valence-electron chi connectivity index (χ4n) is 0.693. The van der Waals surface area contributed by atoms with Crippen molar-refractivity contribution in [2.45, 2.75) is 0 Å². The van der Waals surface area contributed by atoms with E-state index in [1.165, 1.54) is 0 Å². The molecule has 1 rings (SSSR count). The SMILES string of the molecule is C=C(NN)c1cccc(N)n1. The fraction of sp³-hybridized carbons (Fsp3) is 0. The van der Waals surface area contributed by atoms with E-state index in [4.69, 9.17) is 11.6 Å².